The number of nitrogens with one attached hydrogen (secondary N) is 1. The highest BCUT2D eigenvalue weighted by Gasteiger charge is 2.25. The zero-order valence-corrected chi connectivity index (χ0v) is 28.2. The molecule has 1 N–H and O–H groups in total. The molecule has 0 fully saturated rings. The number of ether oxygens (including phenoxy) is 1. The van der Waals surface area contributed by atoms with Gasteiger partial charge in [-0.2, -0.15) is 3.97 Å². The summed E-state index contributed by atoms with van der Waals surface area (Å²) in [5, 5.41) is 0. The first-order valence-electron chi connectivity index (χ1n) is 16.4. The molecule has 0 aliphatic heterocycles. The van der Waals surface area contributed by atoms with Crippen LogP contribution in [-0.4, -0.2) is 40.5 Å². The molecule has 0 bridgehead atoms. The number of aromatic amines is 1. The normalized spacial score (nSPS) is 13.1. The van der Waals surface area contributed by atoms with Crippen molar-refractivity contribution in [3.05, 3.63) is 31.3 Å². The van der Waals surface area contributed by atoms with E-state index in [9.17, 15) is 27.7 Å². The molecule has 0 amide bonds. The van der Waals surface area contributed by atoms with E-state index in [-0.39, 0.29) is 27.8 Å². The summed E-state index contributed by atoms with van der Waals surface area (Å²) in [4.78, 5) is 41.5. The Morgan fingerprint density at radius 2 is 1.26 bits per heavy atom. The van der Waals surface area contributed by atoms with Crippen LogP contribution in [0.5, 0.6) is 0 Å². The van der Waals surface area contributed by atoms with Crippen LogP contribution in [0.4, 0.5) is 0 Å². The summed E-state index contributed by atoms with van der Waals surface area (Å²) in [5.41, 5.74) is -3.62. The van der Waals surface area contributed by atoms with Gasteiger partial charge in [0.05, 0.1) is 12.6 Å². The van der Waals surface area contributed by atoms with Crippen LogP contribution in [0.25, 0.3) is 11.2 Å². The van der Waals surface area contributed by atoms with Crippen LogP contribution in [0.15, 0.2) is 14.4 Å². The molecule has 13 heteroatoms. The molecule has 11 nitrogen and oxygen atoms in total. The van der Waals surface area contributed by atoms with E-state index < -0.39 is 41.9 Å². The van der Waals surface area contributed by atoms with Gasteiger partial charge in [-0.15, -0.1) is 4.34 Å². The highest BCUT2D eigenvalue weighted by Crippen LogP contribution is 2.14. The third-order valence-corrected chi connectivity index (χ3v) is 9.86. The predicted molar refractivity (Wildman–Crippen MR) is 173 cm³/mol. The van der Waals surface area contributed by atoms with Crippen molar-refractivity contribution in [2.75, 3.05) is 12.4 Å². The molecular formula is C30H53N4O7PS. The van der Waals surface area contributed by atoms with Crippen molar-refractivity contribution in [1.29, 1.82) is 0 Å². The van der Waals surface area contributed by atoms with E-state index in [1.165, 1.54) is 64.2 Å². The number of H-pyrrole nitrogens is 1. The Hall–Kier alpha value is -2.04. The fourth-order valence-electron chi connectivity index (χ4n) is 5.33. The Morgan fingerprint density at radius 1 is 0.767 bits per heavy atom. The molecule has 43 heavy (non-hydrogen) atoms. The average molecular weight is 645 g/mol. The summed E-state index contributed by atoms with van der Waals surface area (Å²) < 4.78 is 44.8. The van der Waals surface area contributed by atoms with Gasteiger partial charge >= 0.3 is 19.2 Å². The number of rotatable bonds is 25. The summed E-state index contributed by atoms with van der Waals surface area (Å²) >= 11 is 0. The molecule has 0 aromatic carbocycles. The molecule has 0 saturated carbocycles. The van der Waals surface area contributed by atoms with Crippen LogP contribution >= 0.6 is 7.83 Å². The van der Waals surface area contributed by atoms with Crippen LogP contribution in [0.3, 0.4) is 0 Å². The molecular weight excluding hydrogens is 591 g/mol. The molecule has 0 spiro atoms. The monoisotopic (exact) mass is 644 g/mol. The smallest absolute Gasteiger partial charge is 0.377 e. The minimum Gasteiger partial charge on any atom is -0.377 e. The zero-order valence-electron chi connectivity index (χ0n) is 26.5. The van der Waals surface area contributed by atoms with Crippen molar-refractivity contribution in [1.82, 2.24) is 17.9 Å². The second-order valence-corrected chi connectivity index (χ2v) is 13.8. The van der Waals surface area contributed by atoms with Crippen LogP contribution in [-0.2, 0) is 31.4 Å². The minimum atomic E-state index is -3.65. The third kappa shape index (κ3) is 12.1. The summed E-state index contributed by atoms with van der Waals surface area (Å²) in [6.45, 7) is 6.63. The molecule has 0 aliphatic rings. The van der Waals surface area contributed by atoms with Gasteiger partial charge in [-0.1, -0.05) is 117 Å². The predicted octanol–water partition coefficient (Wildman–Crippen LogP) is 6.57. The second-order valence-electron chi connectivity index (χ2n) is 11.5. The van der Waals surface area contributed by atoms with E-state index in [2.05, 4.69) is 18.8 Å². The molecule has 0 radical (unpaired) electrons. The molecule has 2 unspecified atom stereocenters. The van der Waals surface area contributed by atoms with Crippen molar-refractivity contribution in [3.63, 3.8) is 0 Å². The summed E-state index contributed by atoms with van der Waals surface area (Å²) in [7, 11) is -5.62. The van der Waals surface area contributed by atoms with Gasteiger partial charge in [-0.05, 0) is 19.8 Å². The van der Waals surface area contributed by atoms with Crippen LogP contribution in [0, 0.1) is 0 Å². The first kappa shape index (κ1) is 37.1. The lowest BCUT2D eigenvalue weighted by molar-refractivity contribution is 0.0518. The van der Waals surface area contributed by atoms with E-state index in [1.807, 2.05) is 0 Å². The number of hydrogen-bond acceptors (Lipinski definition) is 7. The number of hydrogen-bond donors (Lipinski definition) is 1. The Bertz CT molecular complexity index is 1370. The van der Waals surface area contributed by atoms with E-state index >= 15 is 0 Å². The molecule has 2 rings (SSSR count). The standard InChI is InChI=1S/C30H53N4O7PS/c1-4-6-8-10-12-14-15-16-18-20-22-41-25(3)24-32-26-27(31-29(32)36)34(30(37)33(28(26)35)42(38)39)43(40)23-21-19-17-13-11-9-7-5-2/h25H,4-24H2,1-3H3,(H,31,36). The maximum absolute atomic E-state index is 13.2. The van der Waals surface area contributed by atoms with Gasteiger partial charge in [0, 0.05) is 12.4 Å². The van der Waals surface area contributed by atoms with Crippen molar-refractivity contribution in [2.24, 2.45) is 0 Å². The van der Waals surface area contributed by atoms with Gasteiger partial charge < -0.3 is 4.74 Å². The molecule has 2 atom stereocenters. The van der Waals surface area contributed by atoms with E-state index in [0.717, 1.165) is 53.5 Å². The molecule has 2 aromatic rings. The van der Waals surface area contributed by atoms with Gasteiger partial charge in [0.2, 0.25) is 0 Å². The van der Waals surface area contributed by atoms with Gasteiger partial charge in [-0.3, -0.25) is 14.3 Å². The summed E-state index contributed by atoms with van der Waals surface area (Å²) in [6.07, 6.45) is 19.7. The zero-order chi connectivity index (χ0) is 31.6. The second kappa shape index (κ2) is 20.8. The van der Waals surface area contributed by atoms with Crippen LogP contribution in [0.1, 0.15) is 136 Å². The number of aromatic nitrogens is 4. The SMILES string of the molecule is CCCCCCCCCCCCOC(C)Cn1c(=O)[nH]c2c1c(=O)n(P(=O)=O)c(=O)n2S(=O)CCCCCCCCCC. The topological polar surface area (TPSA) is 142 Å². The van der Waals surface area contributed by atoms with Crippen LogP contribution < -0.4 is 16.9 Å². The fourth-order valence-corrected chi connectivity index (χ4v) is 7.09. The molecule has 2 heterocycles. The number of unbranched alkanes of at least 4 members (excludes halogenated alkanes) is 16. The van der Waals surface area contributed by atoms with Gasteiger partial charge in [0.15, 0.2) is 11.2 Å². The maximum atomic E-state index is 13.2. The van der Waals surface area contributed by atoms with Gasteiger partial charge in [0.1, 0.15) is 11.0 Å². The minimum absolute atomic E-state index is 0.0235. The quantitative estimate of drug-likeness (QED) is 0.0952. The van der Waals surface area contributed by atoms with E-state index in [4.69, 9.17) is 4.74 Å². The van der Waals surface area contributed by atoms with Crippen molar-refractivity contribution >= 4 is 30.0 Å². The highest BCUT2D eigenvalue weighted by atomic mass is 32.2. The number of fused-ring (bicyclic) bond motifs is 1. The first-order valence-corrected chi connectivity index (χ1v) is 18.8. The van der Waals surface area contributed by atoms with Gasteiger partial charge in [-0.25, -0.2) is 22.9 Å². The number of imidazole rings is 1. The number of nitrogens with zero attached hydrogens (tertiary/aromatic N) is 3. The van der Waals surface area contributed by atoms with E-state index in [0.29, 0.717) is 13.0 Å². The molecule has 0 saturated heterocycles. The summed E-state index contributed by atoms with van der Waals surface area (Å²) in [6, 6.07) is 0. The van der Waals surface area contributed by atoms with E-state index in [1.54, 1.807) is 6.92 Å². The lowest BCUT2D eigenvalue weighted by atomic mass is 10.1. The van der Waals surface area contributed by atoms with Crippen molar-refractivity contribution < 1.29 is 18.1 Å². The molecule has 246 valence electrons. The molecule has 2 aromatic heterocycles. The fraction of sp³-hybridized carbons (Fsp3) is 0.833. The van der Waals surface area contributed by atoms with Crippen molar-refractivity contribution in [2.45, 2.75) is 149 Å². The van der Waals surface area contributed by atoms with Gasteiger partial charge in [0.25, 0.3) is 5.56 Å². The molecule has 0 aliphatic carbocycles. The Balaban J connectivity index is 2.02. The average Bonchev–Trinajstić information content (AvgIpc) is 3.28. The maximum Gasteiger partial charge on any atom is 0.438 e. The highest BCUT2D eigenvalue weighted by molar-refractivity contribution is 7.83. The Labute approximate surface area is 258 Å². The van der Waals surface area contributed by atoms with Crippen LogP contribution in [0.2, 0.25) is 0 Å². The first-order chi connectivity index (χ1) is 20.7. The van der Waals surface area contributed by atoms with Crippen molar-refractivity contribution in [3.8, 4) is 0 Å². The Morgan fingerprint density at radius 3 is 1.77 bits per heavy atom. The lowest BCUT2D eigenvalue weighted by Gasteiger charge is -2.14. The Kier molecular flexibility index (Phi) is 18.0. The third-order valence-electron chi connectivity index (χ3n) is 7.80. The largest absolute Gasteiger partial charge is 0.438 e. The summed E-state index contributed by atoms with van der Waals surface area (Å²) in [5.74, 6) is 0.101. The lowest BCUT2D eigenvalue weighted by Crippen LogP contribution is -2.39.